The molecule has 0 aliphatic heterocycles. The quantitative estimate of drug-likeness (QED) is 0.763. The summed E-state index contributed by atoms with van der Waals surface area (Å²) in [5.41, 5.74) is -0.473. The van der Waals surface area contributed by atoms with Crippen LogP contribution in [0.3, 0.4) is 0 Å². The molecule has 92 valence electrons. The maximum absolute atomic E-state index is 13.4. The number of hydrogen-bond donors (Lipinski definition) is 0. The molecule has 0 N–H and O–H groups in total. The molecule has 0 fully saturated rings. The van der Waals surface area contributed by atoms with Crippen LogP contribution in [0.1, 0.15) is 15.9 Å². The van der Waals surface area contributed by atoms with Gasteiger partial charge in [-0.25, -0.2) is 13.2 Å². The van der Waals surface area contributed by atoms with Crippen LogP contribution in [0.2, 0.25) is 0 Å². The van der Waals surface area contributed by atoms with Crippen LogP contribution < -0.4 is 0 Å². The van der Waals surface area contributed by atoms with Crippen molar-refractivity contribution in [3.63, 3.8) is 0 Å². The van der Waals surface area contributed by atoms with Crippen LogP contribution >= 0.6 is 15.9 Å². The summed E-state index contributed by atoms with van der Waals surface area (Å²) in [4.78, 5) is 11.9. The minimum atomic E-state index is -1.23. The SMILES string of the molecule is O=C(c1cc(F)cc(Br)c1)c1cccc(F)c1F. The summed E-state index contributed by atoms with van der Waals surface area (Å²) < 4.78 is 39.9. The topological polar surface area (TPSA) is 17.1 Å². The first kappa shape index (κ1) is 12.8. The molecule has 0 saturated heterocycles. The van der Waals surface area contributed by atoms with Gasteiger partial charge in [0.25, 0.3) is 0 Å². The predicted molar refractivity (Wildman–Crippen MR) is 63.9 cm³/mol. The first-order valence-electron chi connectivity index (χ1n) is 4.94. The third-order valence-electron chi connectivity index (χ3n) is 2.32. The van der Waals surface area contributed by atoms with Gasteiger partial charge in [-0.3, -0.25) is 4.79 Å². The number of halogens is 4. The Balaban J connectivity index is 2.51. The van der Waals surface area contributed by atoms with Gasteiger partial charge in [0.1, 0.15) is 5.82 Å². The summed E-state index contributed by atoms with van der Waals surface area (Å²) in [6, 6.07) is 6.76. The third-order valence-corrected chi connectivity index (χ3v) is 2.78. The average Bonchev–Trinajstić information content (AvgIpc) is 2.30. The van der Waals surface area contributed by atoms with E-state index in [1.807, 2.05) is 0 Å². The average molecular weight is 315 g/mol. The van der Waals surface area contributed by atoms with E-state index >= 15 is 0 Å². The molecular weight excluding hydrogens is 309 g/mol. The predicted octanol–water partition coefficient (Wildman–Crippen LogP) is 4.10. The second-order valence-electron chi connectivity index (χ2n) is 3.59. The third kappa shape index (κ3) is 2.46. The molecule has 0 atom stereocenters. The normalized spacial score (nSPS) is 10.4. The van der Waals surface area contributed by atoms with E-state index in [2.05, 4.69) is 15.9 Å². The summed E-state index contributed by atoms with van der Waals surface area (Å²) in [5, 5.41) is 0. The number of benzene rings is 2. The van der Waals surface area contributed by atoms with E-state index < -0.39 is 28.8 Å². The highest BCUT2D eigenvalue weighted by Gasteiger charge is 2.17. The molecule has 0 aliphatic carbocycles. The lowest BCUT2D eigenvalue weighted by Crippen LogP contribution is -2.06. The summed E-state index contributed by atoms with van der Waals surface area (Å²) in [6.07, 6.45) is 0. The minimum Gasteiger partial charge on any atom is -0.288 e. The van der Waals surface area contributed by atoms with E-state index in [0.717, 1.165) is 18.2 Å². The fraction of sp³-hybridized carbons (Fsp3) is 0. The molecule has 0 amide bonds. The van der Waals surface area contributed by atoms with Crippen LogP contribution in [0.25, 0.3) is 0 Å². The zero-order chi connectivity index (χ0) is 13.3. The van der Waals surface area contributed by atoms with Crippen molar-refractivity contribution in [3.8, 4) is 0 Å². The fourth-order valence-electron chi connectivity index (χ4n) is 1.52. The Hall–Kier alpha value is -1.62. The molecule has 0 aromatic heterocycles. The van der Waals surface area contributed by atoms with E-state index in [0.29, 0.717) is 4.47 Å². The Morgan fingerprint density at radius 2 is 1.78 bits per heavy atom. The first-order chi connectivity index (χ1) is 8.49. The van der Waals surface area contributed by atoms with E-state index in [-0.39, 0.29) is 5.56 Å². The van der Waals surface area contributed by atoms with Crippen LogP contribution in [0.4, 0.5) is 13.2 Å². The lowest BCUT2D eigenvalue weighted by molar-refractivity contribution is 0.103. The number of hydrogen-bond acceptors (Lipinski definition) is 1. The van der Waals surface area contributed by atoms with E-state index in [4.69, 9.17) is 0 Å². The Morgan fingerprint density at radius 1 is 1.06 bits per heavy atom. The van der Waals surface area contributed by atoms with Gasteiger partial charge in [-0.2, -0.15) is 0 Å². The van der Waals surface area contributed by atoms with E-state index in [1.165, 1.54) is 18.2 Å². The Kier molecular flexibility index (Phi) is 3.52. The monoisotopic (exact) mass is 314 g/mol. The molecule has 2 aromatic rings. The summed E-state index contributed by atoms with van der Waals surface area (Å²) in [6.45, 7) is 0. The minimum absolute atomic E-state index is 0.0497. The maximum Gasteiger partial charge on any atom is 0.196 e. The zero-order valence-electron chi connectivity index (χ0n) is 8.88. The molecule has 0 bridgehead atoms. The smallest absolute Gasteiger partial charge is 0.196 e. The van der Waals surface area contributed by atoms with E-state index in [9.17, 15) is 18.0 Å². The van der Waals surface area contributed by atoms with Crippen LogP contribution in [-0.4, -0.2) is 5.78 Å². The highest BCUT2D eigenvalue weighted by Crippen LogP contribution is 2.20. The Labute approximate surface area is 109 Å². The molecule has 1 nitrogen and oxygen atoms in total. The Morgan fingerprint density at radius 3 is 2.44 bits per heavy atom. The van der Waals surface area contributed by atoms with Crippen LogP contribution in [0.5, 0.6) is 0 Å². The van der Waals surface area contributed by atoms with Gasteiger partial charge in [-0.05, 0) is 30.3 Å². The number of rotatable bonds is 2. The van der Waals surface area contributed by atoms with Crippen molar-refractivity contribution in [2.24, 2.45) is 0 Å². The molecule has 18 heavy (non-hydrogen) atoms. The fourth-order valence-corrected chi connectivity index (χ4v) is 1.98. The van der Waals surface area contributed by atoms with Crippen LogP contribution in [0.15, 0.2) is 40.9 Å². The molecule has 0 radical (unpaired) electrons. The largest absolute Gasteiger partial charge is 0.288 e. The number of carbonyl (C=O) groups excluding carboxylic acids is 1. The van der Waals surface area contributed by atoms with Crippen molar-refractivity contribution in [2.45, 2.75) is 0 Å². The van der Waals surface area contributed by atoms with Gasteiger partial charge in [0.2, 0.25) is 0 Å². The van der Waals surface area contributed by atoms with Gasteiger partial charge in [-0.15, -0.1) is 0 Å². The molecule has 0 aliphatic rings. The van der Waals surface area contributed by atoms with Crippen LogP contribution in [0, 0.1) is 17.5 Å². The van der Waals surface area contributed by atoms with Gasteiger partial charge in [0.15, 0.2) is 17.4 Å². The maximum atomic E-state index is 13.4. The highest BCUT2D eigenvalue weighted by atomic mass is 79.9. The Bertz CT molecular complexity index is 605. The second-order valence-corrected chi connectivity index (χ2v) is 4.50. The lowest BCUT2D eigenvalue weighted by atomic mass is 10.0. The van der Waals surface area contributed by atoms with E-state index in [1.54, 1.807) is 0 Å². The first-order valence-corrected chi connectivity index (χ1v) is 5.73. The number of carbonyl (C=O) groups is 1. The van der Waals surface area contributed by atoms with Crippen molar-refractivity contribution in [1.29, 1.82) is 0 Å². The number of ketones is 1. The summed E-state index contributed by atoms with van der Waals surface area (Å²) in [7, 11) is 0. The molecular formula is C13H6BrF3O. The van der Waals surface area contributed by atoms with Crippen molar-refractivity contribution in [2.75, 3.05) is 0 Å². The van der Waals surface area contributed by atoms with Gasteiger partial charge >= 0.3 is 0 Å². The molecule has 0 saturated carbocycles. The molecule has 5 heteroatoms. The van der Waals surface area contributed by atoms with Gasteiger partial charge in [0.05, 0.1) is 5.56 Å². The van der Waals surface area contributed by atoms with Crippen LogP contribution in [-0.2, 0) is 0 Å². The molecule has 2 rings (SSSR count). The van der Waals surface area contributed by atoms with Gasteiger partial charge < -0.3 is 0 Å². The molecule has 0 heterocycles. The molecule has 0 spiro atoms. The summed E-state index contributed by atoms with van der Waals surface area (Å²) >= 11 is 3.03. The molecule has 2 aromatic carbocycles. The summed E-state index contributed by atoms with van der Waals surface area (Å²) in [5.74, 6) is -3.75. The van der Waals surface area contributed by atoms with Gasteiger partial charge in [0, 0.05) is 10.0 Å². The van der Waals surface area contributed by atoms with Crippen molar-refractivity contribution >= 4 is 21.7 Å². The standard InChI is InChI=1S/C13H6BrF3O/c14-8-4-7(5-9(15)6-8)13(18)10-2-1-3-11(16)12(10)17/h1-6H. The zero-order valence-corrected chi connectivity index (χ0v) is 10.5. The molecule has 0 unspecified atom stereocenters. The van der Waals surface area contributed by atoms with Crippen molar-refractivity contribution in [3.05, 3.63) is 69.4 Å². The highest BCUT2D eigenvalue weighted by molar-refractivity contribution is 9.10. The van der Waals surface area contributed by atoms with Crippen molar-refractivity contribution < 1.29 is 18.0 Å². The lowest BCUT2D eigenvalue weighted by Gasteiger charge is -2.04. The second kappa shape index (κ2) is 4.94. The van der Waals surface area contributed by atoms with Gasteiger partial charge in [-0.1, -0.05) is 22.0 Å². The van der Waals surface area contributed by atoms with Crippen molar-refractivity contribution in [1.82, 2.24) is 0 Å².